The van der Waals surface area contributed by atoms with E-state index < -0.39 is 11.4 Å². The van der Waals surface area contributed by atoms with Gasteiger partial charge in [-0.15, -0.1) is 0 Å². The molecule has 2 aromatic rings. The first-order valence-electron chi connectivity index (χ1n) is 13.4. The first-order chi connectivity index (χ1) is 18.2. The fourth-order valence-electron chi connectivity index (χ4n) is 5.86. The SMILES string of the molecule is COCc1ncc(F)c(Nc2n[nH]c3c2CN(C(=O)N2CC(C)N(CC4CCOCC4)C[C@@H]2C)C3(C)C)n1. The van der Waals surface area contributed by atoms with Crippen LogP contribution in [0.15, 0.2) is 6.20 Å². The van der Waals surface area contributed by atoms with Crippen molar-refractivity contribution in [2.45, 2.75) is 71.3 Å². The highest BCUT2D eigenvalue weighted by Crippen LogP contribution is 2.42. The van der Waals surface area contributed by atoms with E-state index in [-0.39, 0.29) is 30.5 Å². The highest BCUT2D eigenvalue weighted by molar-refractivity contribution is 5.78. The number of hydrogen-bond donors (Lipinski definition) is 2. The average molecular weight is 531 g/mol. The summed E-state index contributed by atoms with van der Waals surface area (Å²) in [5, 5.41) is 10.5. The van der Waals surface area contributed by atoms with Crippen molar-refractivity contribution in [3.63, 3.8) is 0 Å². The normalized spacial score (nSPS) is 24.1. The lowest BCUT2D eigenvalue weighted by Gasteiger charge is -2.47. The lowest BCUT2D eigenvalue weighted by molar-refractivity contribution is 0.00882. The fourth-order valence-corrected chi connectivity index (χ4v) is 5.86. The molecule has 3 aliphatic heterocycles. The number of urea groups is 1. The number of rotatable bonds is 6. The second kappa shape index (κ2) is 10.7. The molecule has 208 valence electrons. The van der Waals surface area contributed by atoms with Crippen LogP contribution in [0.25, 0.3) is 0 Å². The maximum absolute atomic E-state index is 14.5. The molecule has 0 aromatic carbocycles. The Kier molecular flexibility index (Phi) is 7.56. The Balaban J connectivity index is 1.29. The van der Waals surface area contributed by atoms with Crippen molar-refractivity contribution in [3.8, 4) is 0 Å². The van der Waals surface area contributed by atoms with Crippen LogP contribution in [0.5, 0.6) is 0 Å². The number of amides is 2. The van der Waals surface area contributed by atoms with Crippen molar-refractivity contribution >= 4 is 17.7 Å². The number of hydrogen-bond acceptors (Lipinski definition) is 8. The number of halogens is 1. The molecule has 5 rings (SSSR count). The second-order valence-corrected chi connectivity index (χ2v) is 11.3. The molecule has 3 aliphatic rings. The van der Waals surface area contributed by atoms with E-state index in [1.807, 2.05) is 23.6 Å². The van der Waals surface area contributed by atoms with Crippen LogP contribution in [0.4, 0.5) is 20.8 Å². The van der Waals surface area contributed by atoms with Gasteiger partial charge >= 0.3 is 6.03 Å². The maximum atomic E-state index is 14.5. The smallest absolute Gasteiger partial charge is 0.321 e. The minimum atomic E-state index is -0.604. The summed E-state index contributed by atoms with van der Waals surface area (Å²) in [6, 6.07) is 0.381. The molecule has 2 amide bonds. The molecule has 38 heavy (non-hydrogen) atoms. The predicted octanol–water partition coefficient (Wildman–Crippen LogP) is 3.22. The van der Waals surface area contributed by atoms with Gasteiger partial charge < -0.3 is 24.6 Å². The van der Waals surface area contributed by atoms with Gasteiger partial charge in [0.15, 0.2) is 23.3 Å². The van der Waals surface area contributed by atoms with Crippen molar-refractivity contribution in [2.75, 3.05) is 45.3 Å². The summed E-state index contributed by atoms with van der Waals surface area (Å²) < 4.78 is 25.1. The molecule has 0 saturated carbocycles. The number of nitrogens with zero attached hydrogens (tertiary/aromatic N) is 6. The van der Waals surface area contributed by atoms with E-state index >= 15 is 0 Å². The van der Waals surface area contributed by atoms with Gasteiger partial charge in [-0.25, -0.2) is 19.2 Å². The Hall–Kier alpha value is -2.83. The number of carbonyl (C=O) groups is 1. The van der Waals surface area contributed by atoms with Crippen LogP contribution in [0.3, 0.4) is 0 Å². The number of H-pyrrole nitrogens is 1. The summed E-state index contributed by atoms with van der Waals surface area (Å²) in [5.41, 5.74) is 1.06. The minimum Gasteiger partial charge on any atom is -0.381 e. The van der Waals surface area contributed by atoms with Crippen LogP contribution >= 0.6 is 0 Å². The third kappa shape index (κ3) is 5.08. The molecule has 2 N–H and O–H groups in total. The molecule has 1 unspecified atom stereocenters. The highest BCUT2D eigenvalue weighted by atomic mass is 19.1. The maximum Gasteiger partial charge on any atom is 0.321 e. The molecular weight excluding hydrogens is 491 g/mol. The standard InChI is InChI=1S/C26H39FN8O3/c1-16-12-34(17(2)11-33(16)13-18-6-8-38-9-7-18)25(36)35-14-19-22(26(35,3)4)31-32-23(19)30-24-20(27)10-28-21(29-24)15-37-5/h10,16-18H,6-9,11-15H2,1-5H3,(H2,28,29,30,31,32)/t16?,17-/m0/s1. The first-order valence-corrected chi connectivity index (χ1v) is 13.4. The lowest BCUT2D eigenvalue weighted by Crippen LogP contribution is -2.62. The van der Waals surface area contributed by atoms with Crippen LogP contribution in [-0.2, 0) is 28.2 Å². The average Bonchev–Trinajstić information content (AvgIpc) is 3.41. The van der Waals surface area contributed by atoms with Crippen molar-refractivity contribution in [2.24, 2.45) is 5.92 Å². The van der Waals surface area contributed by atoms with Crippen LogP contribution in [0, 0.1) is 11.7 Å². The van der Waals surface area contributed by atoms with Crippen LogP contribution < -0.4 is 5.32 Å². The van der Waals surface area contributed by atoms with E-state index in [1.165, 1.54) is 7.11 Å². The van der Waals surface area contributed by atoms with Gasteiger partial charge in [-0.3, -0.25) is 10.00 Å². The fraction of sp³-hybridized carbons (Fsp3) is 0.692. The zero-order valence-electron chi connectivity index (χ0n) is 23.0. The van der Waals surface area contributed by atoms with E-state index in [9.17, 15) is 9.18 Å². The van der Waals surface area contributed by atoms with Gasteiger partial charge in [-0.05, 0) is 46.5 Å². The van der Waals surface area contributed by atoms with Crippen molar-refractivity contribution in [1.82, 2.24) is 34.9 Å². The second-order valence-electron chi connectivity index (χ2n) is 11.3. The van der Waals surface area contributed by atoms with Crippen molar-refractivity contribution in [3.05, 3.63) is 29.1 Å². The van der Waals surface area contributed by atoms with Crippen molar-refractivity contribution < 1.29 is 18.7 Å². The highest BCUT2D eigenvalue weighted by Gasteiger charge is 2.47. The molecule has 0 spiro atoms. The number of anilines is 2. The van der Waals surface area contributed by atoms with E-state index in [0.717, 1.165) is 56.6 Å². The van der Waals surface area contributed by atoms with Gasteiger partial charge in [0.05, 0.1) is 24.0 Å². The molecule has 12 heteroatoms. The summed E-state index contributed by atoms with van der Waals surface area (Å²) in [6.07, 6.45) is 3.33. The molecule has 5 heterocycles. The predicted molar refractivity (Wildman–Crippen MR) is 139 cm³/mol. The molecule has 2 saturated heterocycles. The third-order valence-electron chi connectivity index (χ3n) is 8.20. The summed E-state index contributed by atoms with van der Waals surface area (Å²) in [4.78, 5) is 28.5. The monoisotopic (exact) mass is 530 g/mol. The third-order valence-corrected chi connectivity index (χ3v) is 8.20. The first kappa shape index (κ1) is 26.8. The number of fused-ring (bicyclic) bond motifs is 1. The number of aromatic amines is 1. The Morgan fingerprint density at radius 1 is 1.24 bits per heavy atom. The van der Waals surface area contributed by atoms with E-state index in [4.69, 9.17) is 9.47 Å². The molecule has 2 aromatic heterocycles. The molecule has 11 nitrogen and oxygen atoms in total. The van der Waals surface area contributed by atoms with Gasteiger partial charge in [-0.1, -0.05) is 0 Å². The quantitative estimate of drug-likeness (QED) is 0.586. The zero-order chi connectivity index (χ0) is 27.0. The van der Waals surface area contributed by atoms with E-state index in [2.05, 4.69) is 44.2 Å². The minimum absolute atomic E-state index is 0.00575. The van der Waals surface area contributed by atoms with Gasteiger partial charge in [0.2, 0.25) is 0 Å². The lowest BCUT2D eigenvalue weighted by atomic mass is 9.97. The Morgan fingerprint density at radius 2 is 2.00 bits per heavy atom. The molecule has 0 bridgehead atoms. The Bertz CT molecular complexity index is 1150. The topological polar surface area (TPSA) is 112 Å². The molecule has 2 atom stereocenters. The largest absolute Gasteiger partial charge is 0.381 e. The number of nitrogens with one attached hydrogen (secondary N) is 2. The number of ether oxygens (including phenoxy) is 2. The summed E-state index contributed by atoms with van der Waals surface area (Å²) in [7, 11) is 1.53. The van der Waals surface area contributed by atoms with Gasteiger partial charge in [0, 0.05) is 57.6 Å². The number of aromatic nitrogens is 4. The van der Waals surface area contributed by atoms with Crippen LogP contribution in [-0.4, -0.2) is 92.9 Å². The van der Waals surface area contributed by atoms with Gasteiger partial charge in [0.1, 0.15) is 6.61 Å². The number of piperazine rings is 1. The molecule has 0 aliphatic carbocycles. The van der Waals surface area contributed by atoms with Gasteiger partial charge in [-0.2, -0.15) is 5.10 Å². The van der Waals surface area contributed by atoms with E-state index in [0.29, 0.717) is 30.6 Å². The van der Waals surface area contributed by atoms with E-state index in [1.54, 1.807) is 0 Å². The Morgan fingerprint density at radius 3 is 2.74 bits per heavy atom. The molecule has 2 fully saturated rings. The number of methoxy groups -OCH3 is 1. The van der Waals surface area contributed by atoms with Crippen LogP contribution in [0.2, 0.25) is 0 Å². The van der Waals surface area contributed by atoms with Gasteiger partial charge in [0.25, 0.3) is 0 Å². The molecular formula is C26H39FN8O3. The molecule has 0 radical (unpaired) electrons. The Labute approximate surface area is 223 Å². The number of carbonyl (C=O) groups excluding carboxylic acids is 1. The summed E-state index contributed by atoms with van der Waals surface area (Å²) >= 11 is 0. The van der Waals surface area contributed by atoms with Crippen molar-refractivity contribution in [1.29, 1.82) is 0 Å². The zero-order valence-corrected chi connectivity index (χ0v) is 23.0. The van der Waals surface area contributed by atoms with Crippen LogP contribution in [0.1, 0.15) is 57.6 Å². The summed E-state index contributed by atoms with van der Waals surface area (Å²) in [6.45, 7) is 13.2. The summed E-state index contributed by atoms with van der Waals surface area (Å²) in [5.74, 6) is 0.902.